The summed E-state index contributed by atoms with van der Waals surface area (Å²) >= 11 is 0. The molecular weight excluding hydrogens is 318 g/mol. The molecule has 1 aromatic rings. The molecule has 2 rings (SSSR count). The van der Waals surface area contributed by atoms with Gasteiger partial charge in [0.2, 0.25) is 17.7 Å². The van der Waals surface area contributed by atoms with Crippen molar-refractivity contribution in [2.75, 3.05) is 23.7 Å². The number of nitrogens with one attached hydrogen (secondary N) is 2. The summed E-state index contributed by atoms with van der Waals surface area (Å²) in [6, 6.07) is 7.00. The zero-order chi connectivity index (χ0) is 18.2. The molecule has 3 amide bonds. The smallest absolute Gasteiger partial charge is 0.243 e. The summed E-state index contributed by atoms with van der Waals surface area (Å²) < 4.78 is 0. The molecule has 1 saturated heterocycles. The molecule has 2 N–H and O–H groups in total. The van der Waals surface area contributed by atoms with Gasteiger partial charge in [-0.25, -0.2) is 0 Å². The van der Waals surface area contributed by atoms with Gasteiger partial charge in [0, 0.05) is 30.8 Å². The lowest BCUT2D eigenvalue weighted by atomic mass is 10.1. The van der Waals surface area contributed by atoms with Gasteiger partial charge >= 0.3 is 0 Å². The minimum atomic E-state index is -0.202. The second-order valence-electron chi connectivity index (χ2n) is 6.90. The van der Waals surface area contributed by atoms with E-state index in [-0.39, 0.29) is 24.3 Å². The Morgan fingerprint density at radius 2 is 1.60 bits per heavy atom. The summed E-state index contributed by atoms with van der Waals surface area (Å²) in [5.74, 6) is 0.134. The molecule has 1 aliphatic heterocycles. The van der Waals surface area contributed by atoms with Gasteiger partial charge in [-0.05, 0) is 43.0 Å². The lowest BCUT2D eigenvalue weighted by molar-refractivity contribution is -0.134. The van der Waals surface area contributed by atoms with E-state index in [1.54, 1.807) is 29.2 Å². The molecule has 1 heterocycles. The maximum absolute atomic E-state index is 12.1. The van der Waals surface area contributed by atoms with Gasteiger partial charge in [-0.15, -0.1) is 0 Å². The van der Waals surface area contributed by atoms with Gasteiger partial charge in [0.1, 0.15) is 0 Å². The second kappa shape index (κ2) is 9.20. The molecule has 25 heavy (non-hydrogen) atoms. The van der Waals surface area contributed by atoms with Crippen molar-refractivity contribution in [2.45, 2.75) is 46.0 Å². The first-order valence-electron chi connectivity index (χ1n) is 8.91. The first kappa shape index (κ1) is 19.0. The molecular formula is C19H27N3O3. The van der Waals surface area contributed by atoms with Crippen molar-refractivity contribution in [3.05, 3.63) is 24.3 Å². The fraction of sp³-hybridized carbons (Fsp3) is 0.526. The van der Waals surface area contributed by atoms with Crippen molar-refractivity contribution >= 4 is 29.1 Å². The highest BCUT2D eigenvalue weighted by Gasteiger charge is 2.19. The predicted molar refractivity (Wildman–Crippen MR) is 98.2 cm³/mol. The lowest BCUT2D eigenvalue weighted by Crippen LogP contribution is -2.37. The number of benzene rings is 1. The first-order valence-corrected chi connectivity index (χ1v) is 8.91. The fourth-order valence-corrected chi connectivity index (χ4v) is 2.80. The molecule has 0 bridgehead atoms. The quantitative estimate of drug-likeness (QED) is 0.832. The summed E-state index contributed by atoms with van der Waals surface area (Å²) in [6.07, 6.45) is 3.89. The van der Waals surface area contributed by atoms with Gasteiger partial charge in [0.05, 0.1) is 6.54 Å². The minimum absolute atomic E-state index is 0.0218. The maximum atomic E-state index is 12.1. The average Bonchev–Trinajstić information content (AvgIpc) is 2.73. The Morgan fingerprint density at radius 1 is 1.00 bits per heavy atom. The topological polar surface area (TPSA) is 78.5 Å². The van der Waals surface area contributed by atoms with Crippen LogP contribution in [0.4, 0.5) is 11.4 Å². The molecule has 0 aromatic heterocycles. The largest absolute Gasteiger partial charge is 0.333 e. The van der Waals surface area contributed by atoms with E-state index in [1.807, 2.05) is 13.8 Å². The van der Waals surface area contributed by atoms with Crippen molar-refractivity contribution in [3.63, 3.8) is 0 Å². The monoisotopic (exact) mass is 345 g/mol. The Morgan fingerprint density at radius 3 is 2.20 bits per heavy atom. The zero-order valence-corrected chi connectivity index (χ0v) is 15.0. The van der Waals surface area contributed by atoms with Crippen LogP contribution >= 0.6 is 0 Å². The number of likely N-dealkylation sites (tertiary alicyclic amines) is 1. The SMILES string of the molecule is CC(C)CC(=O)Nc1ccc(NC(=O)CN2CCCCCC2=O)cc1. The number of anilines is 2. The number of hydrogen-bond donors (Lipinski definition) is 2. The third-order valence-corrected chi connectivity index (χ3v) is 4.05. The second-order valence-corrected chi connectivity index (χ2v) is 6.90. The lowest BCUT2D eigenvalue weighted by Gasteiger charge is -2.19. The highest BCUT2D eigenvalue weighted by atomic mass is 16.2. The molecule has 0 aliphatic carbocycles. The van der Waals surface area contributed by atoms with E-state index in [9.17, 15) is 14.4 Å². The average molecular weight is 345 g/mol. The van der Waals surface area contributed by atoms with E-state index in [0.29, 0.717) is 36.7 Å². The van der Waals surface area contributed by atoms with Crippen LogP contribution in [-0.2, 0) is 14.4 Å². The van der Waals surface area contributed by atoms with Crippen molar-refractivity contribution in [2.24, 2.45) is 5.92 Å². The van der Waals surface area contributed by atoms with Crippen molar-refractivity contribution in [3.8, 4) is 0 Å². The van der Waals surface area contributed by atoms with Gasteiger partial charge in [0.15, 0.2) is 0 Å². The van der Waals surface area contributed by atoms with Crippen LogP contribution in [0.5, 0.6) is 0 Å². The third kappa shape index (κ3) is 6.57. The van der Waals surface area contributed by atoms with Crippen LogP contribution in [0.25, 0.3) is 0 Å². The van der Waals surface area contributed by atoms with Gasteiger partial charge in [-0.3, -0.25) is 14.4 Å². The van der Waals surface area contributed by atoms with Crippen LogP contribution in [0.1, 0.15) is 46.0 Å². The van der Waals surface area contributed by atoms with E-state index in [2.05, 4.69) is 10.6 Å². The Hall–Kier alpha value is -2.37. The van der Waals surface area contributed by atoms with Crippen LogP contribution < -0.4 is 10.6 Å². The number of carbonyl (C=O) groups excluding carboxylic acids is 3. The zero-order valence-electron chi connectivity index (χ0n) is 15.0. The first-order chi connectivity index (χ1) is 11.9. The maximum Gasteiger partial charge on any atom is 0.243 e. The molecule has 136 valence electrons. The third-order valence-electron chi connectivity index (χ3n) is 4.05. The Bertz CT molecular complexity index is 611. The summed E-state index contributed by atoms with van der Waals surface area (Å²) in [4.78, 5) is 37.5. The molecule has 6 heteroatoms. The van der Waals surface area contributed by atoms with E-state index in [1.165, 1.54) is 0 Å². The molecule has 1 aliphatic rings. The summed E-state index contributed by atoms with van der Waals surface area (Å²) in [7, 11) is 0. The normalized spacial score (nSPS) is 15.0. The van der Waals surface area contributed by atoms with E-state index >= 15 is 0 Å². The van der Waals surface area contributed by atoms with Crippen molar-refractivity contribution in [1.82, 2.24) is 4.90 Å². The van der Waals surface area contributed by atoms with Crippen molar-refractivity contribution < 1.29 is 14.4 Å². The molecule has 1 fully saturated rings. The molecule has 0 radical (unpaired) electrons. The summed E-state index contributed by atoms with van der Waals surface area (Å²) in [6.45, 7) is 4.72. The number of hydrogen-bond acceptors (Lipinski definition) is 3. The Labute approximate surface area is 149 Å². The highest BCUT2D eigenvalue weighted by molar-refractivity contribution is 5.95. The molecule has 0 unspecified atom stereocenters. The van der Waals surface area contributed by atoms with E-state index in [0.717, 1.165) is 19.3 Å². The molecule has 0 saturated carbocycles. The van der Waals surface area contributed by atoms with E-state index < -0.39 is 0 Å². The van der Waals surface area contributed by atoms with Gasteiger partial charge < -0.3 is 15.5 Å². The predicted octanol–water partition coefficient (Wildman–Crippen LogP) is 3.01. The van der Waals surface area contributed by atoms with Crippen LogP contribution in [0.2, 0.25) is 0 Å². The molecule has 6 nitrogen and oxygen atoms in total. The standard InChI is InChI=1S/C19H27N3O3/c1-14(2)12-17(23)20-15-7-9-16(10-8-15)21-18(24)13-22-11-5-3-4-6-19(22)25/h7-10,14H,3-6,11-13H2,1-2H3,(H,20,23)(H,21,24). The summed E-state index contributed by atoms with van der Waals surface area (Å²) in [5, 5.41) is 5.63. The molecule has 0 atom stereocenters. The number of nitrogens with zero attached hydrogens (tertiary/aromatic N) is 1. The van der Waals surface area contributed by atoms with E-state index in [4.69, 9.17) is 0 Å². The Kier molecular flexibility index (Phi) is 6.98. The van der Waals surface area contributed by atoms with Crippen LogP contribution in [-0.4, -0.2) is 35.7 Å². The molecule has 0 spiro atoms. The van der Waals surface area contributed by atoms with Gasteiger partial charge in [-0.2, -0.15) is 0 Å². The number of carbonyl (C=O) groups is 3. The van der Waals surface area contributed by atoms with Crippen molar-refractivity contribution in [1.29, 1.82) is 0 Å². The van der Waals surface area contributed by atoms with Gasteiger partial charge in [0.25, 0.3) is 0 Å². The van der Waals surface area contributed by atoms with Crippen LogP contribution in [0.15, 0.2) is 24.3 Å². The van der Waals surface area contributed by atoms with Gasteiger partial charge in [-0.1, -0.05) is 20.3 Å². The minimum Gasteiger partial charge on any atom is -0.333 e. The van der Waals surface area contributed by atoms with Crippen LogP contribution in [0, 0.1) is 5.92 Å². The Balaban J connectivity index is 1.84. The number of amides is 3. The number of rotatable bonds is 6. The van der Waals surface area contributed by atoms with Crippen LogP contribution in [0.3, 0.4) is 0 Å². The highest BCUT2D eigenvalue weighted by Crippen LogP contribution is 2.15. The fourth-order valence-electron chi connectivity index (χ4n) is 2.80. The summed E-state index contributed by atoms with van der Waals surface area (Å²) in [5.41, 5.74) is 1.35. The molecule has 1 aromatic carbocycles.